The van der Waals surface area contributed by atoms with Gasteiger partial charge in [0.05, 0.1) is 0 Å². The number of aromatic nitrogens is 2. The first-order valence-corrected chi connectivity index (χ1v) is 6.87. The zero-order chi connectivity index (χ0) is 12.8. The van der Waals surface area contributed by atoms with Crippen molar-refractivity contribution >= 4 is 11.3 Å². The Morgan fingerprint density at radius 3 is 2.72 bits per heavy atom. The largest absolute Gasteiger partial charge is 0.430 e. The Hall–Kier alpha value is -1.46. The van der Waals surface area contributed by atoms with Crippen LogP contribution in [0.3, 0.4) is 0 Å². The fraction of sp³-hybridized carbons (Fsp3) is 0.385. The van der Waals surface area contributed by atoms with Crippen LogP contribution in [0, 0.1) is 6.92 Å². The summed E-state index contributed by atoms with van der Waals surface area (Å²) in [5.41, 5.74) is 1.21. The van der Waals surface area contributed by atoms with E-state index in [9.17, 15) is 0 Å². The third kappa shape index (κ3) is 3.78. The number of ether oxygens (including phenoxy) is 1. The molecule has 2 rings (SSSR count). The zero-order valence-electron chi connectivity index (χ0n) is 10.6. The lowest BCUT2D eigenvalue weighted by molar-refractivity contribution is 0.473. The first-order chi connectivity index (χ1) is 8.78. The quantitative estimate of drug-likeness (QED) is 0.813. The molecule has 0 amide bonds. The summed E-state index contributed by atoms with van der Waals surface area (Å²) in [6, 6.07) is 7.90. The van der Waals surface area contributed by atoms with Crippen molar-refractivity contribution < 1.29 is 4.74 Å². The predicted molar refractivity (Wildman–Crippen MR) is 73.2 cm³/mol. The van der Waals surface area contributed by atoms with Crippen molar-refractivity contribution in [3.63, 3.8) is 0 Å². The summed E-state index contributed by atoms with van der Waals surface area (Å²) in [5.74, 6) is 0.796. The maximum Gasteiger partial charge on any atom is 0.299 e. The van der Waals surface area contributed by atoms with Gasteiger partial charge in [0.1, 0.15) is 10.8 Å². The van der Waals surface area contributed by atoms with Gasteiger partial charge in [-0.15, -0.1) is 5.10 Å². The molecule has 0 aliphatic carbocycles. The molecule has 1 heterocycles. The van der Waals surface area contributed by atoms with Crippen molar-refractivity contribution in [2.45, 2.75) is 26.8 Å². The van der Waals surface area contributed by atoms with E-state index in [2.05, 4.69) is 22.4 Å². The van der Waals surface area contributed by atoms with E-state index in [-0.39, 0.29) is 0 Å². The molecule has 0 unspecified atom stereocenters. The molecule has 0 saturated heterocycles. The standard InChI is InChI=1S/C13H17N3OS/c1-3-8-14-9-12-15-16-13(18-12)17-11-6-4-10(2)5-7-11/h4-7,14H,3,8-9H2,1-2H3. The van der Waals surface area contributed by atoms with Gasteiger partial charge in [-0.1, -0.05) is 41.1 Å². The predicted octanol–water partition coefficient (Wildman–Crippen LogP) is 3.14. The molecule has 1 aromatic heterocycles. The molecule has 0 aliphatic rings. The van der Waals surface area contributed by atoms with Gasteiger partial charge in [0, 0.05) is 6.54 Å². The second kappa shape index (κ2) is 6.47. The highest BCUT2D eigenvalue weighted by Gasteiger charge is 2.05. The van der Waals surface area contributed by atoms with Crippen LogP contribution in [0.25, 0.3) is 0 Å². The molecule has 0 radical (unpaired) electrons. The number of rotatable bonds is 6. The lowest BCUT2D eigenvalue weighted by Crippen LogP contribution is -2.13. The minimum Gasteiger partial charge on any atom is -0.430 e. The average molecular weight is 263 g/mol. The van der Waals surface area contributed by atoms with Crippen LogP contribution in [0.2, 0.25) is 0 Å². The van der Waals surface area contributed by atoms with Gasteiger partial charge >= 0.3 is 0 Å². The smallest absolute Gasteiger partial charge is 0.299 e. The Bertz CT molecular complexity index is 481. The van der Waals surface area contributed by atoms with E-state index in [1.54, 1.807) is 0 Å². The summed E-state index contributed by atoms with van der Waals surface area (Å²) in [7, 11) is 0. The summed E-state index contributed by atoms with van der Waals surface area (Å²) in [5, 5.41) is 12.9. The Kier molecular flexibility index (Phi) is 4.66. The monoisotopic (exact) mass is 263 g/mol. The van der Waals surface area contributed by atoms with Crippen LogP contribution in [0.15, 0.2) is 24.3 Å². The second-order valence-electron chi connectivity index (χ2n) is 4.05. The van der Waals surface area contributed by atoms with E-state index >= 15 is 0 Å². The van der Waals surface area contributed by atoms with Gasteiger partial charge in [-0.25, -0.2) is 0 Å². The van der Waals surface area contributed by atoms with E-state index in [0.717, 1.165) is 30.3 Å². The van der Waals surface area contributed by atoms with Gasteiger partial charge in [-0.05, 0) is 32.0 Å². The van der Waals surface area contributed by atoms with Crippen molar-refractivity contribution in [3.05, 3.63) is 34.8 Å². The Labute approximate surface area is 111 Å². The van der Waals surface area contributed by atoms with Crippen molar-refractivity contribution in [1.29, 1.82) is 0 Å². The summed E-state index contributed by atoms with van der Waals surface area (Å²) in [6.45, 7) is 5.93. The van der Waals surface area contributed by atoms with Crippen LogP contribution < -0.4 is 10.1 Å². The molecular formula is C13H17N3OS. The van der Waals surface area contributed by atoms with Gasteiger partial charge in [-0.3, -0.25) is 0 Å². The number of nitrogens with one attached hydrogen (secondary N) is 1. The number of benzene rings is 1. The van der Waals surface area contributed by atoms with Crippen LogP contribution in [0.5, 0.6) is 10.9 Å². The van der Waals surface area contributed by atoms with Crippen molar-refractivity contribution in [2.75, 3.05) is 6.54 Å². The Morgan fingerprint density at radius 2 is 2.00 bits per heavy atom. The van der Waals surface area contributed by atoms with Crippen molar-refractivity contribution in [2.24, 2.45) is 0 Å². The maximum atomic E-state index is 5.64. The van der Waals surface area contributed by atoms with E-state index in [0.29, 0.717) is 5.19 Å². The topological polar surface area (TPSA) is 47.0 Å². The molecular weight excluding hydrogens is 246 g/mol. The fourth-order valence-corrected chi connectivity index (χ4v) is 2.11. The molecule has 2 aromatic rings. The number of nitrogens with zero attached hydrogens (tertiary/aromatic N) is 2. The molecule has 1 aromatic carbocycles. The summed E-state index contributed by atoms with van der Waals surface area (Å²) in [4.78, 5) is 0. The average Bonchev–Trinajstić information content (AvgIpc) is 2.80. The fourth-order valence-electron chi connectivity index (χ4n) is 1.43. The molecule has 0 fully saturated rings. The van der Waals surface area contributed by atoms with Gasteiger partial charge in [0.15, 0.2) is 0 Å². The highest BCUT2D eigenvalue weighted by Crippen LogP contribution is 2.24. The maximum absolute atomic E-state index is 5.64. The lowest BCUT2D eigenvalue weighted by atomic mass is 10.2. The van der Waals surface area contributed by atoms with Gasteiger partial charge in [0.2, 0.25) is 0 Å². The van der Waals surface area contributed by atoms with Crippen LogP contribution in [0.1, 0.15) is 23.9 Å². The highest BCUT2D eigenvalue weighted by molar-refractivity contribution is 7.13. The SMILES string of the molecule is CCCNCc1nnc(Oc2ccc(C)cc2)s1. The molecule has 0 saturated carbocycles. The van der Waals surface area contributed by atoms with Crippen LogP contribution in [0.4, 0.5) is 0 Å². The first kappa shape index (κ1) is 13.0. The third-order valence-electron chi connectivity index (χ3n) is 2.38. The molecule has 4 nitrogen and oxygen atoms in total. The Morgan fingerprint density at radius 1 is 1.22 bits per heavy atom. The number of hydrogen-bond donors (Lipinski definition) is 1. The second-order valence-corrected chi connectivity index (χ2v) is 5.08. The van der Waals surface area contributed by atoms with Crippen molar-refractivity contribution in [3.8, 4) is 10.9 Å². The lowest BCUT2D eigenvalue weighted by Gasteiger charge is -2.00. The van der Waals surface area contributed by atoms with Crippen LogP contribution >= 0.6 is 11.3 Å². The van der Waals surface area contributed by atoms with E-state index in [4.69, 9.17) is 4.74 Å². The first-order valence-electron chi connectivity index (χ1n) is 6.05. The van der Waals surface area contributed by atoms with E-state index < -0.39 is 0 Å². The molecule has 18 heavy (non-hydrogen) atoms. The van der Waals surface area contributed by atoms with E-state index in [1.807, 2.05) is 31.2 Å². The minimum atomic E-state index is 0.590. The minimum absolute atomic E-state index is 0.590. The molecule has 0 spiro atoms. The molecule has 0 aliphatic heterocycles. The van der Waals surface area contributed by atoms with Crippen molar-refractivity contribution in [1.82, 2.24) is 15.5 Å². The summed E-state index contributed by atoms with van der Waals surface area (Å²) >= 11 is 1.48. The third-order valence-corrected chi connectivity index (χ3v) is 3.18. The summed E-state index contributed by atoms with van der Waals surface area (Å²) < 4.78 is 5.64. The zero-order valence-corrected chi connectivity index (χ0v) is 11.5. The van der Waals surface area contributed by atoms with E-state index in [1.165, 1.54) is 16.9 Å². The highest BCUT2D eigenvalue weighted by atomic mass is 32.1. The molecule has 5 heteroatoms. The van der Waals surface area contributed by atoms with Crippen LogP contribution in [-0.2, 0) is 6.54 Å². The Balaban J connectivity index is 1.91. The molecule has 1 N–H and O–H groups in total. The molecule has 0 atom stereocenters. The molecule has 96 valence electrons. The van der Waals surface area contributed by atoms with Gasteiger partial charge in [-0.2, -0.15) is 0 Å². The normalized spacial score (nSPS) is 10.6. The van der Waals surface area contributed by atoms with Gasteiger partial charge < -0.3 is 10.1 Å². The van der Waals surface area contributed by atoms with Crippen LogP contribution in [-0.4, -0.2) is 16.7 Å². The number of hydrogen-bond acceptors (Lipinski definition) is 5. The number of aryl methyl sites for hydroxylation is 1. The molecule has 0 bridgehead atoms. The van der Waals surface area contributed by atoms with Gasteiger partial charge in [0.25, 0.3) is 5.19 Å². The summed E-state index contributed by atoms with van der Waals surface area (Å²) in [6.07, 6.45) is 1.12.